The number of amidine groups is 1. The van der Waals surface area contributed by atoms with Gasteiger partial charge in [0.25, 0.3) is 0 Å². The molecule has 0 aliphatic carbocycles. The van der Waals surface area contributed by atoms with Crippen molar-refractivity contribution in [2.75, 3.05) is 20.2 Å². The Kier molecular flexibility index (Phi) is 6.77. The van der Waals surface area contributed by atoms with Gasteiger partial charge in [0.1, 0.15) is 17.1 Å². The number of carbonyl (C=O) groups excluding carboxylic acids is 1. The first kappa shape index (κ1) is 20.3. The van der Waals surface area contributed by atoms with E-state index in [2.05, 4.69) is 4.74 Å². The van der Waals surface area contributed by atoms with E-state index in [1.807, 2.05) is 4.90 Å². The molecule has 7 nitrogen and oxygen atoms in total. The van der Waals surface area contributed by atoms with Crippen molar-refractivity contribution in [2.24, 2.45) is 0 Å². The molecular formula is C15H17F3N2O5. The molecule has 1 aromatic rings. The number of esters is 1. The molecule has 1 fully saturated rings. The van der Waals surface area contributed by atoms with Gasteiger partial charge in [0.05, 0.1) is 7.11 Å². The number of benzene rings is 1. The molecule has 10 heteroatoms. The number of alkyl halides is 3. The van der Waals surface area contributed by atoms with E-state index in [-0.39, 0.29) is 11.3 Å². The van der Waals surface area contributed by atoms with Crippen LogP contribution in [0.4, 0.5) is 13.2 Å². The minimum Gasteiger partial charge on any atom is -0.507 e. The Labute approximate surface area is 141 Å². The number of aromatic hydroxyl groups is 1. The third-order valence-electron chi connectivity index (χ3n) is 3.34. The lowest BCUT2D eigenvalue weighted by molar-refractivity contribution is -0.192. The number of halogens is 3. The number of nitrogens with one attached hydrogen (secondary N) is 1. The highest BCUT2D eigenvalue weighted by Crippen LogP contribution is 2.21. The first-order valence-electron chi connectivity index (χ1n) is 7.13. The second kappa shape index (κ2) is 8.36. The fraction of sp³-hybridized carbons (Fsp3) is 0.400. The molecule has 3 N–H and O–H groups in total. The first-order valence-corrected chi connectivity index (χ1v) is 7.13. The minimum absolute atomic E-state index is 0.0962. The summed E-state index contributed by atoms with van der Waals surface area (Å²) >= 11 is 0. The van der Waals surface area contributed by atoms with E-state index in [4.69, 9.17) is 15.3 Å². The van der Waals surface area contributed by atoms with Gasteiger partial charge in [0.2, 0.25) is 0 Å². The Hall–Kier alpha value is -2.78. The summed E-state index contributed by atoms with van der Waals surface area (Å²) in [6.45, 7) is 1.74. The normalized spacial score (nSPS) is 13.7. The molecule has 138 valence electrons. The molecular weight excluding hydrogens is 345 g/mol. The number of carbonyl (C=O) groups is 2. The number of methoxy groups -OCH3 is 1. The third kappa shape index (κ3) is 5.66. The summed E-state index contributed by atoms with van der Waals surface area (Å²) in [4.78, 5) is 22.3. The second-order valence-electron chi connectivity index (χ2n) is 5.07. The van der Waals surface area contributed by atoms with Crippen molar-refractivity contribution in [3.63, 3.8) is 0 Å². The molecule has 1 aromatic carbocycles. The monoisotopic (exact) mass is 362 g/mol. The van der Waals surface area contributed by atoms with Crippen LogP contribution in [0.2, 0.25) is 0 Å². The van der Waals surface area contributed by atoms with Crippen LogP contribution in [-0.2, 0) is 9.53 Å². The van der Waals surface area contributed by atoms with E-state index < -0.39 is 18.1 Å². The van der Waals surface area contributed by atoms with Crippen molar-refractivity contribution in [1.29, 1.82) is 5.41 Å². The van der Waals surface area contributed by atoms with Gasteiger partial charge in [-0.2, -0.15) is 13.2 Å². The average molecular weight is 362 g/mol. The number of nitrogens with zero attached hydrogens (tertiary/aromatic N) is 1. The van der Waals surface area contributed by atoms with E-state index in [0.29, 0.717) is 11.4 Å². The number of aliphatic carboxylic acids is 1. The van der Waals surface area contributed by atoms with Gasteiger partial charge in [0.15, 0.2) is 0 Å². The summed E-state index contributed by atoms with van der Waals surface area (Å²) in [6.07, 6.45) is -2.91. The molecule has 0 spiro atoms. The molecule has 1 saturated heterocycles. The van der Waals surface area contributed by atoms with Crippen molar-refractivity contribution in [2.45, 2.75) is 19.0 Å². The zero-order valence-corrected chi connectivity index (χ0v) is 13.3. The lowest BCUT2D eigenvalue weighted by Gasteiger charge is -2.18. The number of phenols is 1. The molecule has 1 heterocycles. The molecule has 0 saturated carbocycles. The zero-order chi connectivity index (χ0) is 19.2. The van der Waals surface area contributed by atoms with E-state index in [1.54, 1.807) is 6.07 Å². The molecule has 0 unspecified atom stereocenters. The summed E-state index contributed by atoms with van der Waals surface area (Å²) in [5.74, 6) is -3.09. The van der Waals surface area contributed by atoms with Gasteiger partial charge in [-0.25, -0.2) is 9.59 Å². The number of likely N-dealkylation sites (tertiary alicyclic amines) is 1. The van der Waals surface area contributed by atoms with E-state index >= 15 is 0 Å². The highest BCUT2D eigenvalue weighted by atomic mass is 19.4. The molecule has 25 heavy (non-hydrogen) atoms. The second-order valence-corrected chi connectivity index (χ2v) is 5.07. The van der Waals surface area contributed by atoms with Crippen LogP contribution in [0.5, 0.6) is 5.75 Å². The maximum Gasteiger partial charge on any atom is 0.490 e. The van der Waals surface area contributed by atoms with Crippen LogP contribution in [0.15, 0.2) is 18.2 Å². The maximum absolute atomic E-state index is 11.5. The summed E-state index contributed by atoms with van der Waals surface area (Å²) in [5.41, 5.74) is 0.717. The van der Waals surface area contributed by atoms with Gasteiger partial charge in [0, 0.05) is 18.7 Å². The smallest absolute Gasteiger partial charge is 0.490 e. The number of hydrogen-bond donors (Lipinski definition) is 3. The molecule has 1 aliphatic rings. The standard InChI is InChI=1S/C13H16N2O3.C2HF3O2/c1-18-13(17)10-8-9(4-5-11(10)16)12(14)15-6-2-3-7-15;3-2(4,5)1(6)7/h4-5,8,14,16H,2-3,6-7H2,1H3;(H,6,7). The number of hydrogen-bond acceptors (Lipinski definition) is 5. The molecule has 0 atom stereocenters. The molecule has 0 bridgehead atoms. The fourth-order valence-electron chi connectivity index (χ4n) is 2.08. The van der Waals surface area contributed by atoms with Crippen LogP contribution >= 0.6 is 0 Å². The van der Waals surface area contributed by atoms with Crippen molar-refractivity contribution >= 4 is 17.8 Å². The van der Waals surface area contributed by atoms with Gasteiger partial charge in [-0.15, -0.1) is 0 Å². The summed E-state index contributed by atoms with van der Waals surface area (Å²) in [7, 11) is 1.26. The van der Waals surface area contributed by atoms with Crippen LogP contribution in [0.25, 0.3) is 0 Å². The van der Waals surface area contributed by atoms with Crippen LogP contribution < -0.4 is 0 Å². The Morgan fingerprint density at radius 3 is 2.20 bits per heavy atom. The van der Waals surface area contributed by atoms with E-state index in [1.165, 1.54) is 19.2 Å². The number of ether oxygens (including phenoxy) is 1. The molecule has 1 aliphatic heterocycles. The molecule has 0 radical (unpaired) electrons. The SMILES string of the molecule is COC(=O)c1cc(C(=N)N2CCCC2)ccc1O.O=C(O)C(F)(F)F. The lowest BCUT2D eigenvalue weighted by atomic mass is 10.1. The lowest BCUT2D eigenvalue weighted by Crippen LogP contribution is -2.27. The maximum atomic E-state index is 11.5. The first-order chi connectivity index (χ1) is 11.6. The Bertz CT molecular complexity index is 655. The number of carboxylic acids is 1. The number of carboxylic acid groups (broad SMARTS) is 1. The number of phenolic OH excluding ortho intramolecular Hbond substituents is 1. The fourth-order valence-corrected chi connectivity index (χ4v) is 2.08. The Morgan fingerprint density at radius 2 is 1.76 bits per heavy atom. The summed E-state index contributed by atoms with van der Waals surface area (Å²) in [6, 6.07) is 4.57. The van der Waals surface area contributed by atoms with Crippen molar-refractivity contribution in [3.05, 3.63) is 29.3 Å². The zero-order valence-electron chi connectivity index (χ0n) is 13.3. The third-order valence-corrected chi connectivity index (χ3v) is 3.34. The van der Waals surface area contributed by atoms with Gasteiger partial charge < -0.3 is 19.8 Å². The highest BCUT2D eigenvalue weighted by Gasteiger charge is 2.38. The van der Waals surface area contributed by atoms with Crippen LogP contribution in [0.1, 0.15) is 28.8 Å². The van der Waals surface area contributed by atoms with Crippen molar-refractivity contribution in [3.8, 4) is 5.75 Å². The van der Waals surface area contributed by atoms with Gasteiger partial charge >= 0.3 is 18.1 Å². The quantitative estimate of drug-likeness (QED) is 0.423. The number of rotatable bonds is 2. The van der Waals surface area contributed by atoms with Crippen molar-refractivity contribution in [1.82, 2.24) is 4.90 Å². The molecule has 0 aromatic heterocycles. The molecule has 0 amide bonds. The topological polar surface area (TPSA) is 111 Å². The molecule has 2 rings (SSSR count). The highest BCUT2D eigenvalue weighted by molar-refractivity contribution is 6.00. The summed E-state index contributed by atoms with van der Waals surface area (Å²) < 4.78 is 36.3. The summed E-state index contributed by atoms with van der Waals surface area (Å²) in [5, 5.41) is 24.8. The van der Waals surface area contributed by atoms with Crippen LogP contribution in [0.3, 0.4) is 0 Å². The Morgan fingerprint density at radius 1 is 1.24 bits per heavy atom. The minimum atomic E-state index is -5.08. The largest absolute Gasteiger partial charge is 0.507 e. The van der Waals surface area contributed by atoms with Gasteiger partial charge in [-0.1, -0.05) is 0 Å². The predicted octanol–water partition coefficient (Wildman–Crippen LogP) is 2.23. The Balaban J connectivity index is 0.000000381. The average Bonchev–Trinajstić information content (AvgIpc) is 3.08. The van der Waals surface area contributed by atoms with Crippen LogP contribution in [0, 0.1) is 5.41 Å². The van der Waals surface area contributed by atoms with E-state index in [0.717, 1.165) is 25.9 Å². The van der Waals surface area contributed by atoms with Gasteiger partial charge in [-0.05, 0) is 31.0 Å². The van der Waals surface area contributed by atoms with Gasteiger partial charge in [-0.3, -0.25) is 5.41 Å². The van der Waals surface area contributed by atoms with E-state index in [9.17, 15) is 23.1 Å². The van der Waals surface area contributed by atoms with Crippen LogP contribution in [-0.4, -0.2) is 59.3 Å². The predicted molar refractivity (Wildman–Crippen MR) is 80.8 cm³/mol. The van der Waals surface area contributed by atoms with Crippen molar-refractivity contribution < 1.29 is 37.7 Å².